The second kappa shape index (κ2) is 32.0. The molecule has 0 spiro atoms. The molecule has 115 heavy (non-hydrogen) atoms. The minimum absolute atomic E-state index is 0. The van der Waals surface area contributed by atoms with Crippen molar-refractivity contribution in [1.82, 2.24) is 30.0 Å². The molecule has 0 radical (unpaired) electrons. The van der Waals surface area contributed by atoms with Crippen molar-refractivity contribution in [3.63, 3.8) is 0 Å². The van der Waals surface area contributed by atoms with Crippen LogP contribution in [0.15, 0.2) is 110 Å². The highest BCUT2D eigenvalue weighted by atomic mass is 16.5. The minimum atomic E-state index is -0.498. The van der Waals surface area contributed by atoms with Gasteiger partial charge in [0.15, 0.2) is 11.5 Å². The summed E-state index contributed by atoms with van der Waals surface area (Å²) >= 11 is 0. The van der Waals surface area contributed by atoms with Crippen molar-refractivity contribution in [3.05, 3.63) is 171 Å². The summed E-state index contributed by atoms with van der Waals surface area (Å²) in [4.78, 5) is 117. The number of piperidine rings is 4. The van der Waals surface area contributed by atoms with Crippen molar-refractivity contribution in [3.8, 4) is 28.7 Å². The quantitative estimate of drug-likeness (QED) is 0.0930. The number of ether oxygens (including phenoxy) is 1. The third-order valence-corrected chi connectivity index (χ3v) is 30.3. The zero-order valence-corrected chi connectivity index (χ0v) is 66.3. The molecular formula is C96H122N6O13. The van der Waals surface area contributed by atoms with E-state index in [2.05, 4.69) is 69.0 Å². The van der Waals surface area contributed by atoms with E-state index in [9.17, 15) is 58.8 Å². The van der Waals surface area contributed by atoms with Crippen LogP contribution in [0.4, 0.5) is 0 Å². The van der Waals surface area contributed by atoms with Crippen LogP contribution in [-0.2, 0) is 82.5 Å². The molecule has 19 nitrogen and oxygen atoms in total. The smallest absolute Gasteiger partial charge is 0.235 e. The molecule has 16 atom stereocenters. The number of aromatic nitrogens is 2. The fraction of sp³-hybridized carbons (Fsp3) is 0.562. The Morgan fingerprint density at radius 1 is 0.461 bits per heavy atom. The zero-order chi connectivity index (χ0) is 78.8. The lowest BCUT2D eigenvalue weighted by Crippen LogP contribution is -2.59. The predicted octanol–water partition coefficient (Wildman–Crippen LogP) is 17.0. The molecule has 13 aliphatic rings. The number of fused-ring (bicyclic) bond motifs is 20. The van der Waals surface area contributed by atoms with E-state index in [1.165, 1.54) is 54.3 Å². The molecule has 9 fully saturated rings. The minimum Gasteiger partial charge on any atom is -0.508 e. The Morgan fingerprint density at radius 2 is 0.861 bits per heavy atom. The molecule has 8 amide bonds. The highest BCUT2D eigenvalue weighted by Gasteiger charge is 2.62. The molecule has 0 bridgehead atoms. The van der Waals surface area contributed by atoms with Gasteiger partial charge in [-0.2, -0.15) is 0 Å². The summed E-state index contributed by atoms with van der Waals surface area (Å²) in [5.41, 5.74) is 11.0. The van der Waals surface area contributed by atoms with E-state index in [1.54, 1.807) is 48.8 Å². The van der Waals surface area contributed by atoms with Crippen LogP contribution < -0.4 is 10.1 Å². The van der Waals surface area contributed by atoms with Crippen molar-refractivity contribution >= 4 is 47.3 Å². The third kappa shape index (κ3) is 15.1. The van der Waals surface area contributed by atoms with E-state index in [-0.39, 0.29) is 110 Å². The van der Waals surface area contributed by atoms with E-state index in [4.69, 9.17) is 4.74 Å². The summed E-state index contributed by atoms with van der Waals surface area (Å²) in [5.74, 6) is 5.33. The highest BCUT2D eigenvalue weighted by Crippen LogP contribution is 2.63. The fourth-order valence-electron chi connectivity index (χ4n) is 23.9. The molecule has 9 aliphatic carbocycles. The SMILES string of the molecule is C.C.C.CC(C)(C)c1ccc(CN2C(=O)CC3C4CCc5cc(O)ccc5C4CC[C@]3(C)C2=O)cn1.COc1cc2c(cc1O)CCC1C2CC[C@]2(C)C(=O)NC(=O)CC12.C[C@]12CCC3c4ccc(O)cc4CCC3C1CC(=O)N(CC1CC1)C2=O.C[C@]12CCC3c4ccc(O)cc4CCC3C1CC(=O)N(Cc1cccnc1)C2=O. The topological polar surface area (TPSA) is 274 Å². The van der Waals surface area contributed by atoms with Crippen molar-refractivity contribution in [1.29, 1.82) is 0 Å². The molecule has 2 aromatic heterocycles. The van der Waals surface area contributed by atoms with E-state index < -0.39 is 16.2 Å². The van der Waals surface area contributed by atoms with Gasteiger partial charge in [-0.3, -0.25) is 68.3 Å². The summed E-state index contributed by atoms with van der Waals surface area (Å²) in [5, 5.41) is 42.1. The van der Waals surface area contributed by atoms with Crippen molar-refractivity contribution in [2.24, 2.45) is 74.9 Å². The summed E-state index contributed by atoms with van der Waals surface area (Å²) in [6, 6.07) is 28.7. The van der Waals surface area contributed by atoms with Gasteiger partial charge in [-0.05, 0) is 309 Å². The maximum atomic E-state index is 13.7. The first-order chi connectivity index (χ1) is 53.5. The molecule has 6 aromatic rings. The van der Waals surface area contributed by atoms with Gasteiger partial charge in [-0.1, -0.05) is 101 Å². The molecular weight excluding hydrogens is 1450 g/mol. The molecule has 4 aliphatic heterocycles. The maximum absolute atomic E-state index is 13.7. The van der Waals surface area contributed by atoms with Gasteiger partial charge in [-0.25, -0.2) is 0 Å². The van der Waals surface area contributed by atoms with E-state index in [0.717, 1.165) is 132 Å². The van der Waals surface area contributed by atoms with Gasteiger partial charge in [-0.15, -0.1) is 0 Å². The number of phenols is 4. The maximum Gasteiger partial charge on any atom is 0.235 e. The number of likely N-dealkylation sites (tertiary alicyclic amines) is 3. The molecule has 614 valence electrons. The largest absolute Gasteiger partial charge is 0.508 e. The molecule has 4 aromatic carbocycles. The van der Waals surface area contributed by atoms with Gasteiger partial charge in [0.05, 0.1) is 41.9 Å². The van der Waals surface area contributed by atoms with Gasteiger partial charge < -0.3 is 25.2 Å². The van der Waals surface area contributed by atoms with Crippen molar-refractivity contribution in [2.45, 2.75) is 254 Å². The number of aromatic hydroxyl groups is 4. The second-order valence-corrected chi connectivity index (χ2v) is 37.5. The number of imide groups is 4. The van der Waals surface area contributed by atoms with Gasteiger partial charge in [0.2, 0.25) is 47.3 Å². The summed E-state index contributed by atoms with van der Waals surface area (Å²) in [7, 11) is 1.56. The van der Waals surface area contributed by atoms with Crippen LogP contribution in [0.2, 0.25) is 0 Å². The van der Waals surface area contributed by atoms with Gasteiger partial charge in [0.25, 0.3) is 0 Å². The Labute approximate surface area is 679 Å². The molecule has 5 N–H and O–H groups in total. The molecule has 19 rings (SSSR count). The van der Waals surface area contributed by atoms with Gasteiger partial charge >= 0.3 is 0 Å². The fourth-order valence-corrected chi connectivity index (χ4v) is 23.9. The Morgan fingerprint density at radius 3 is 1.26 bits per heavy atom. The number of nitrogens with zero attached hydrogens (tertiary/aromatic N) is 5. The number of phenolic OH excluding ortho intramolecular Hbond substituents is 4. The lowest BCUT2D eigenvalue weighted by atomic mass is 9.52. The monoisotopic (exact) mass is 1570 g/mol. The lowest BCUT2D eigenvalue weighted by molar-refractivity contribution is -0.169. The number of aryl methyl sites for hydroxylation is 4. The number of pyridine rings is 2. The van der Waals surface area contributed by atoms with Crippen LogP contribution in [0.5, 0.6) is 28.7 Å². The summed E-state index contributed by atoms with van der Waals surface area (Å²) in [6.07, 6.45) is 24.0. The first-order valence-electron chi connectivity index (χ1n) is 41.5. The molecule has 6 heterocycles. The normalized spacial score (nSPS) is 31.7. The van der Waals surface area contributed by atoms with Gasteiger partial charge in [0, 0.05) is 61.9 Å². The average molecular weight is 1570 g/mol. The van der Waals surface area contributed by atoms with Crippen LogP contribution in [0.3, 0.4) is 0 Å². The number of amides is 8. The molecule has 19 heteroatoms. The van der Waals surface area contributed by atoms with Crippen molar-refractivity contribution in [2.75, 3.05) is 13.7 Å². The van der Waals surface area contributed by atoms with Crippen LogP contribution >= 0.6 is 0 Å². The second-order valence-electron chi connectivity index (χ2n) is 37.5. The van der Waals surface area contributed by atoms with E-state index in [0.29, 0.717) is 122 Å². The summed E-state index contributed by atoms with van der Waals surface area (Å²) in [6.45, 7) is 15.9. The Balaban J connectivity index is 0.000000133. The zero-order valence-electron chi connectivity index (χ0n) is 66.3. The number of hydrogen-bond donors (Lipinski definition) is 5. The predicted molar refractivity (Wildman–Crippen MR) is 440 cm³/mol. The van der Waals surface area contributed by atoms with Gasteiger partial charge in [0.1, 0.15) is 17.2 Å². The molecule has 4 saturated heterocycles. The first-order valence-corrected chi connectivity index (χ1v) is 41.5. The number of nitrogens with one attached hydrogen (secondary N) is 1. The first kappa shape index (κ1) is 83.7. The standard InChI is InChI=1S/C28H34N2O3.C24H26N2O3.C22H27NO3.C19H23NO4.3CH4/c1-27(2,3)24-10-5-17(15-29-24)16-30-25(32)14-23-22-8-6-18-13-19(31)7-9-20(18)21(22)11-12-28(23,4)26(30)33;1-24-9-8-19-18-7-5-17(27)11-16(18)4-6-20(19)21(24)12-22(28)26(23(24)29)14-15-3-2-10-25-13-15;1-22-9-8-17-16-7-5-15(24)10-14(16)4-6-18(17)19(22)11-20(25)23(21(22)26)12-13-2-3-13;1-19-6-5-11-12(14(19)9-17(22)20-18(19)23)4-3-10-7-15(21)16(24-2)8-13(10)11;;;/h5,7,9-10,13,15,21-23,31H,6,8,11-12,14,16H2,1-4H3;2-3,5,7,10-11,13,19-21,27H,4,6,8-9,12,14H2,1H3;5,7,10,13,17-19,24H,2-4,6,8-9,11-12H2,1H3;7-8,11-12,14,21H,3-6,9H2,1-2H3,(H,20,22,23);3*1H4/t21?,22?,23?,28-;19?,20?,21?,24-;17?,18?,19?,22-;11?,12?,14?,19-;;;/m0000.../s1. The Kier molecular flexibility index (Phi) is 23.3. The Hall–Kier alpha value is -9.26. The molecule has 12 unspecified atom stereocenters. The average Bonchev–Trinajstić information content (AvgIpc) is 1.42. The number of methoxy groups -OCH3 is 1. The Bertz CT molecular complexity index is 4760. The molecule has 5 saturated carbocycles. The lowest BCUT2D eigenvalue weighted by Gasteiger charge is -2.54. The van der Waals surface area contributed by atoms with Crippen LogP contribution in [-0.4, -0.2) is 106 Å². The number of benzene rings is 4. The van der Waals surface area contributed by atoms with Crippen LogP contribution in [0.25, 0.3) is 0 Å². The summed E-state index contributed by atoms with van der Waals surface area (Å²) < 4.78 is 5.28. The van der Waals surface area contributed by atoms with E-state index in [1.807, 2.05) is 67.6 Å². The van der Waals surface area contributed by atoms with Crippen LogP contribution in [0, 0.1) is 74.9 Å². The van der Waals surface area contributed by atoms with E-state index >= 15 is 0 Å². The number of hydrogen-bond acceptors (Lipinski definition) is 15. The third-order valence-electron chi connectivity index (χ3n) is 30.3. The number of carbonyl (C=O) groups is 8. The van der Waals surface area contributed by atoms with Crippen LogP contribution in [0.1, 0.15) is 271 Å². The van der Waals surface area contributed by atoms with Crippen molar-refractivity contribution < 1.29 is 63.5 Å². The highest BCUT2D eigenvalue weighted by molar-refractivity contribution is 6.03. The number of rotatable bonds is 7. The number of carbonyl (C=O) groups excluding carboxylic acids is 8.